The number of anilines is 2. The number of rotatable bonds is 6. The maximum absolute atomic E-state index is 12.3. The molecule has 7 nitrogen and oxygen atoms in total. The van der Waals surface area contributed by atoms with Crippen molar-refractivity contribution in [2.45, 2.75) is 20.8 Å². The van der Waals surface area contributed by atoms with Gasteiger partial charge in [-0.25, -0.2) is 4.98 Å². The second-order valence-electron chi connectivity index (χ2n) is 5.24. The number of allylic oxidation sites excluding steroid dienone is 1. The van der Waals surface area contributed by atoms with Crippen LogP contribution in [0.25, 0.3) is 6.08 Å². The topological polar surface area (TPSA) is 100 Å². The fourth-order valence-corrected chi connectivity index (χ4v) is 2.79. The maximum atomic E-state index is 12.3. The Balaban J connectivity index is 2.04. The molecule has 0 aliphatic rings. The van der Waals surface area contributed by atoms with Crippen molar-refractivity contribution in [2.75, 3.05) is 10.7 Å². The van der Waals surface area contributed by atoms with E-state index in [1.165, 1.54) is 31.3 Å². The number of nitrogens with one attached hydrogen (secondary N) is 3. The first-order valence-electron chi connectivity index (χ1n) is 7.45. The first-order chi connectivity index (χ1) is 11.8. The van der Waals surface area contributed by atoms with Crippen molar-refractivity contribution in [1.82, 2.24) is 10.4 Å². The SMILES string of the molecule is CC(=O)NNc1nc(C)c(C(=O)/C=C/c2ccc(NC(C)=O)cc2)s1. The van der Waals surface area contributed by atoms with Gasteiger partial charge in [-0.2, -0.15) is 0 Å². The fraction of sp³-hybridized carbons (Fsp3) is 0.176. The van der Waals surface area contributed by atoms with Crippen LogP contribution in [-0.2, 0) is 9.59 Å². The van der Waals surface area contributed by atoms with Gasteiger partial charge in [0.2, 0.25) is 16.9 Å². The number of carbonyl (C=O) groups excluding carboxylic acids is 3. The largest absolute Gasteiger partial charge is 0.326 e. The van der Waals surface area contributed by atoms with Gasteiger partial charge in [-0.15, -0.1) is 0 Å². The van der Waals surface area contributed by atoms with Crippen LogP contribution in [0, 0.1) is 6.92 Å². The fourth-order valence-electron chi connectivity index (χ4n) is 1.95. The Morgan fingerprint density at radius 3 is 2.36 bits per heavy atom. The first kappa shape index (κ1) is 18.3. The molecule has 0 aliphatic carbocycles. The van der Waals surface area contributed by atoms with Gasteiger partial charge in [-0.05, 0) is 30.7 Å². The van der Waals surface area contributed by atoms with Crippen molar-refractivity contribution in [3.8, 4) is 0 Å². The Bertz CT molecular complexity index is 825. The molecule has 2 rings (SSSR count). The van der Waals surface area contributed by atoms with Crippen LogP contribution in [-0.4, -0.2) is 22.6 Å². The smallest absolute Gasteiger partial charge is 0.235 e. The van der Waals surface area contributed by atoms with Gasteiger partial charge in [0.15, 0.2) is 5.78 Å². The molecule has 0 saturated carbocycles. The zero-order chi connectivity index (χ0) is 18.4. The molecule has 0 unspecified atom stereocenters. The number of benzene rings is 1. The summed E-state index contributed by atoms with van der Waals surface area (Å²) in [4.78, 5) is 38.9. The molecule has 0 radical (unpaired) electrons. The third-order valence-electron chi connectivity index (χ3n) is 3.02. The van der Waals surface area contributed by atoms with E-state index in [4.69, 9.17) is 0 Å². The number of ketones is 1. The predicted molar refractivity (Wildman–Crippen MR) is 98.4 cm³/mol. The molecule has 25 heavy (non-hydrogen) atoms. The van der Waals surface area contributed by atoms with E-state index in [1.54, 1.807) is 37.3 Å². The summed E-state index contributed by atoms with van der Waals surface area (Å²) in [5, 5.41) is 3.13. The van der Waals surface area contributed by atoms with Crippen LogP contribution >= 0.6 is 11.3 Å². The molecule has 0 atom stereocenters. The average molecular weight is 358 g/mol. The van der Waals surface area contributed by atoms with Crippen LogP contribution in [0.2, 0.25) is 0 Å². The van der Waals surface area contributed by atoms with Crippen LogP contribution in [0.15, 0.2) is 30.3 Å². The lowest BCUT2D eigenvalue weighted by molar-refractivity contribution is -0.118. The number of hydrazine groups is 1. The molecule has 0 bridgehead atoms. The van der Waals surface area contributed by atoms with E-state index >= 15 is 0 Å². The van der Waals surface area contributed by atoms with Gasteiger partial charge >= 0.3 is 0 Å². The summed E-state index contributed by atoms with van der Waals surface area (Å²) in [6.07, 6.45) is 3.16. The summed E-state index contributed by atoms with van der Waals surface area (Å²) >= 11 is 1.17. The van der Waals surface area contributed by atoms with Crippen molar-refractivity contribution >= 4 is 45.8 Å². The molecule has 1 heterocycles. The molecular formula is C17H18N4O3S. The standard InChI is InChI=1S/C17H18N4O3S/c1-10-16(25-17(18-10)21-20-12(3)23)15(24)9-6-13-4-7-14(8-5-13)19-11(2)22/h4-9H,1-3H3,(H,18,21)(H,19,22)(H,20,23)/b9-6+. The Kier molecular flexibility index (Phi) is 6.02. The molecule has 2 aromatic rings. The monoisotopic (exact) mass is 358 g/mol. The van der Waals surface area contributed by atoms with E-state index in [9.17, 15) is 14.4 Å². The third-order valence-corrected chi connectivity index (χ3v) is 4.11. The summed E-state index contributed by atoms with van der Waals surface area (Å²) in [5.41, 5.74) is 7.19. The maximum Gasteiger partial charge on any atom is 0.235 e. The summed E-state index contributed by atoms with van der Waals surface area (Å²) in [5.74, 6) is -0.553. The second-order valence-corrected chi connectivity index (χ2v) is 6.24. The lowest BCUT2D eigenvalue weighted by Crippen LogP contribution is -2.26. The van der Waals surface area contributed by atoms with E-state index in [0.29, 0.717) is 21.4 Å². The molecule has 0 fully saturated rings. The minimum absolute atomic E-state index is 0.136. The van der Waals surface area contributed by atoms with Crippen molar-refractivity contribution in [3.63, 3.8) is 0 Å². The number of aryl methyl sites for hydroxylation is 1. The summed E-state index contributed by atoms with van der Waals surface area (Å²) in [7, 11) is 0. The minimum atomic E-state index is -0.247. The molecule has 130 valence electrons. The molecule has 0 aliphatic heterocycles. The van der Waals surface area contributed by atoms with Gasteiger partial charge in [0.1, 0.15) is 0 Å². The normalized spacial score (nSPS) is 10.5. The number of hydrogen-bond acceptors (Lipinski definition) is 6. The molecule has 8 heteroatoms. The Hall–Kier alpha value is -3.00. The average Bonchev–Trinajstić information content (AvgIpc) is 2.92. The lowest BCUT2D eigenvalue weighted by atomic mass is 10.1. The first-order valence-corrected chi connectivity index (χ1v) is 8.27. The number of amides is 2. The molecular weight excluding hydrogens is 340 g/mol. The molecule has 0 saturated heterocycles. The molecule has 2 amide bonds. The van der Waals surface area contributed by atoms with Gasteiger partial charge in [0, 0.05) is 19.5 Å². The Morgan fingerprint density at radius 1 is 1.08 bits per heavy atom. The summed E-state index contributed by atoms with van der Waals surface area (Å²) < 4.78 is 0. The van der Waals surface area contributed by atoms with Gasteiger partial charge in [0.25, 0.3) is 0 Å². The van der Waals surface area contributed by atoms with Crippen molar-refractivity contribution in [2.24, 2.45) is 0 Å². The number of nitrogens with zero attached hydrogens (tertiary/aromatic N) is 1. The van der Waals surface area contributed by atoms with Crippen molar-refractivity contribution in [3.05, 3.63) is 46.5 Å². The van der Waals surface area contributed by atoms with Crippen molar-refractivity contribution in [1.29, 1.82) is 0 Å². The van der Waals surface area contributed by atoms with E-state index < -0.39 is 0 Å². The van der Waals surface area contributed by atoms with E-state index in [1.807, 2.05) is 0 Å². The van der Waals surface area contributed by atoms with E-state index in [-0.39, 0.29) is 17.6 Å². The second kappa shape index (κ2) is 8.20. The molecule has 0 spiro atoms. The minimum Gasteiger partial charge on any atom is -0.326 e. The summed E-state index contributed by atoms with van der Waals surface area (Å²) in [6, 6.07) is 7.13. The lowest BCUT2D eigenvalue weighted by Gasteiger charge is -2.01. The van der Waals surface area contributed by atoms with Crippen molar-refractivity contribution < 1.29 is 14.4 Å². The molecule has 1 aromatic heterocycles. The van der Waals surface area contributed by atoms with Gasteiger partial charge in [-0.1, -0.05) is 29.5 Å². The summed E-state index contributed by atoms with van der Waals surface area (Å²) in [6.45, 7) is 4.55. The molecule has 3 N–H and O–H groups in total. The number of thiazole rings is 1. The quantitative estimate of drug-likeness (QED) is 0.419. The highest BCUT2D eigenvalue weighted by Crippen LogP contribution is 2.23. The van der Waals surface area contributed by atoms with Gasteiger partial charge in [0.05, 0.1) is 10.6 Å². The highest BCUT2D eigenvalue weighted by Gasteiger charge is 2.13. The van der Waals surface area contributed by atoms with Crippen LogP contribution in [0.4, 0.5) is 10.8 Å². The number of hydrogen-bond donors (Lipinski definition) is 3. The van der Waals surface area contributed by atoms with E-state index in [2.05, 4.69) is 21.2 Å². The predicted octanol–water partition coefficient (Wildman–Crippen LogP) is 2.77. The Morgan fingerprint density at radius 2 is 1.76 bits per heavy atom. The third kappa shape index (κ3) is 5.54. The highest BCUT2D eigenvalue weighted by atomic mass is 32.1. The van der Waals surface area contributed by atoms with Gasteiger partial charge < -0.3 is 5.32 Å². The Labute approximate surface area is 149 Å². The zero-order valence-corrected chi connectivity index (χ0v) is 14.9. The van der Waals surface area contributed by atoms with Crippen LogP contribution < -0.4 is 16.2 Å². The number of carbonyl (C=O) groups is 3. The molecule has 1 aromatic carbocycles. The number of aromatic nitrogens is 1. The highest BCUT2D eigenvalue weighted by molar-refractivity contribution is 7.17. The zero-order valence-electron chi connectivity index (χ0n) is 14.0. The van der Waals surface area contributed by atoms with Crippen LogP contribution in [0.1, 0.15) is 34.8 Å². The van der Waals surface area contributed by atoms with Crippen LogP contribution in [0.5, 0.6) is 0 Å². The van der Waals surface area contributed by atoms with Crippen LogP contribution in [0.3, 0.4) is 0 Å². The van der Waals surface area contributed by atoms with Gasteiger partial charge in [-0.3, -0.25) is 25.2 Å². The van der Waals surface area contributed by atoms with E-state index in [0.717, 1.165) is 5.56 Å².